The highest BCUT2D eigenvalue weighted by molar-refractivity contribution is 7.09. The lowest BCUT2D eigenvalue weighted by atomic mass is 10.2. The Morgan fingerprint density at radius 1 is 1.08 bits per heavy atom. The lowest BCUT2D eigenvalue weighted by Gasteiger charge is -2.08. The molecule has 196 valence electrons. The van der Waals surface area contributed by atoms with Gasteiger partial charge >= 0.3 is 6.36 Å². The zero-order valence-corrected chi connectivity index (χ0v) is 21.2. The van der Waals surface area contributed by atoms with E-state index in [0.717, 1.165) is 40.7 Å². The number of nitrogens with one attached hydrogen (secondary N) is 1. The van der Waals surface area contributed by atoms with Crippen molar-refractivity contribution in [3.8, 4) is 28.7 Å². The molecule has 0 aliphatic rings. The molecular weight excluding hydrogens is 519 g/mol. The topological polar surface area (TPSA) is 104 Å². The quantitative estimate of drug-likeness (QED) is 0.255. The Bertz CT molecular complexity index is 1530. The second-order valence-electron chi connectivity index (χ2n) is 8.43. The van der Waals surface area contributed by atoms with Gasteiger partial charge in [-0.2, -0.15) is 10.1 Å². The van der Waals surface area contributed by atoms with Gasteiger partial charge in [-0.15, -0.1) is 24.5 Å². The summed E-state index contributed by atoms with van der Waals surface area (Å²) in [7, 11) is 0. The van der Waals surface area contributed by atoms with Gasteiger partial charge in [-0.25, -0.2) is 9.97 Å². The van der Waals surface area contributed by atoms with Gasteiger partial charge in [-0.05, 0) is 61.9 Å². The van der Waals surface area contributed by atoms with Crippen LogP contribution in [0.2, 0.25) is 0 Å². The van der Waals surface area contributed by atoms with Gasteiger partial charge in [0.2, 0.25) is 5.82 Å². The molecule has 0 saturated carbocycles. The molecule has 4 aromatic heterocycles. The summed E-state index contributed by atoms with van der Waals surface area (Å²) in [5, 5.41) is 15.0. The zero-order chi connectivity index (χ0) is 26.7. The molecule has 5 aromatic rings. The second kappa shape index (κ2) is 10.6. The summed E-state index contributed by atoms with van der Waals surface area (Å²) >= 11 is 1.65. The average molecular weight is 542 g/mol. The highest BCUT2D eigenvalue weighted by Crippen LogP contribution is 2.27. The van der Waals surface area contributed by atoms with Crippen molar-refractivity contribution < 1.29 is 22.4 Å². The first kappa shape index (κ1) is 25.4. The van der Waals surface area contributed by atoms with Crippen LogP contribution >= 0.6 is 11.3 Å². The number of halogens is 3. The number of alkyl halides is 3. The van der Waals surface area contributed by atoms with E-state index < -0.39 is 6.36 Å². The minimum atomic E-state index is -4.76. The number of ether oxygens (including phenoxy) is 1. The first-order valence-corrected chi connectivity index (χ1v) is 12.4. The van der Waals surface area contributed by atoms with Gasteiger partial charge in [0, 0.05) is 41.5 Å². The molecule has 0 aliphatic carbocycles. The van der Waals surface area contributed by atoms with Gasteiger partial charge in [0.1, 0.15) is 11.6 Å². The SMILES string of the molecule is Cc1csc(CCNc2cc(Cn3nc(-c4nc(-c5ccc(OC(F)(F)F)cc5)no4)cc3C)ccn2)n1. The van der Waals surface area contributed by atoms with Gasteiger partial charge in [-0.1, -0.05) is 5.16 Å². The number of hydrogen-bond donors (Lipinski definition) is 1. The van der Waals surface area contributed by atoms with Crippen molar-refractivity contribution in [1.82, 2.24) is 29.9 Å². The summed E-state index contributed by atoms with van der Waals surface area (Å²) in [5.74, 6) is 0.868. The molecule has 1 N–H and O–H groups in total. The van der Waals surface area contributed by atoms with Crippen LogP contribution in [0.4, 0.5) is 19.0 Å². The molecule has 5 rings (SSSR count). The van der Waals surface area contributed by atoms with E-state index in [2.05, 4.69) is 35.3 Å². The maximum absolute atomic E-state index is 12.4. The molecule has 0 spiro atoms. The molecule has 0 amide bonds. The number of aryl methyl sites for hydroxylation is 2. The highest BCUT2D eigenvalue weighted by atomic mass is 32.1. The van der Waals surface area contributed by atoms with Crippen LogP contribution in [0.1, 0.15) is 22.0 Å². The maximum Gasteiger partial charge on any atom is 0.573 e. The summed E-state index contributed by atoms with van der Waals surface area (Å²) in [5.41, 5.74) is 3.90. The van der Waals surface area contributed by atoms with E-state index >= 15 is 0 Å². The van der Waals surface area contributed by atoms with Crippen LogP contribution in [-0.2, 0) is 13.0 Å². The van der Waals surface area contributed by atoms with Crippen LogP contribution in [0.3, 0.4) is 0 Å². The molecule has 0 unspecified atom stereocenters. The molecule has 0 aliphatic heterocycles. The van der Waals surface area contributed by atoms with Gasteiger partial charge in [0.05, 0.1) is 11.6 Å². The van der Waals surface area contributed by atoms with Crippen LogP contribution in [-0.4, -0.2) is 42.8 Å². The Balaban J connectivity index is 1.23. The third kappa shape index (κ3) is 6.35. The molecular formula is C25H22F3N7O2S. The van der Waals surface area contributed by atoms with Crippen LogP contribution < -0.4 is 10.1 Å². The predicted octanol–water partition coefficient (Wildman–Crippen LogP) is 5.67. The molecule has 1 aromatic carbocycles. The fraction of sp³-hybridized carbons (Fsp3) is 0.240. The number of aromatic nitrogens is 6. The van der Waals surface area contributed by atoms with Crippen molar-refractivity contribution in [2.75, 3.05) is 11.9 Å². The Labute approximate surface area is 219 Å². The predicted molar refractivity (Wildman–Crippen MR) is 135 cm³/mol. The van der Waals surface area contributed by atoms with E-state index in [1.165, 1.54) is 24.3 Å². The number of benzene rings is 1. The molecule has 0 radical (unpaired) electrons. The largest absolute Gasteiger partial charge is 0.573 e. The van der Waals surface area contributed by atoms with E-state index in [4.69, 9.17) is 4.52 Å². The smallest absolute Gasteiger partial charge is 0.406 e. The number of rotatable bonds is 9. The molecule has 0 atom stereocenters. The fourth-order valence-electron chi connectivity index (χ4n) is 3.68. The third-order valence-corrected chi connectivity index (χ3v) is 6.47. The highest BCUT2D eigenvalue weighted by Gasteiger charge is 2.31. The van der Waals surface area contributed by atoms with E-state index in [1.54, 1.807) is 17.5 Å². The maximum atomic E-state index is 12.4. The Morgan fingerprint density at radius 2 is 1.89 bits per heavy atom. The Morgan fingerprint density at radius 3 is 2.63 bits per heavy atom. The van der Waals surface area contributed by atoms with Crippen molar-refractivity contribution in [1.29, 1.82) is 0 Å². The monoisotopic (exact) mass is 541 g/mol. The molecule has 0 bridgehead atoms. The lowest BCUT2D eigenvalue weighted by molar-refractivity contribution is -0.274. The lowest BCUT2D eigenvalue weighted by Crippen LogP contribution is -2.16. The summed E-state index contributed by atoms with van der Waals surface area (Å²) in [6, 6.07) is 11.0. The second-order valence-corrected chi connectivity index (χ2v) is 9.38. The Kier molecular flexibility index (Phi) is 7.09. The summed E-state index contributed by atoms with van der Waals surface area (Å²) in [6.45, 7) is 5.14. The van der Waals surface area contributed by atoms with Crippen molar-refractivity contribution in [2.24, 2.45) is 0 Å². The van der Waals surface area contributed by atoms with E-state index in [0.29, 0.717) is 17.8 Å². The zero-order valence-electron chi connectivity index (χ0n) is 20.4. The van der Waals surface area contributed by atoms with Crippen molar-refractivity contribution in [3.05, 3.63) is 76.0 Å². The van der Waals surface area contributed by atoms with Crippen molar-refractivity contribution >= 4 is 17.2 Å². The van der Waals surface area contributed by atoms with Crippen molar-refractivity contribution in [3.63, 3.8) is 0 Å². The molecule has 13 heteroatoms. The van der Waals surface area contributed by atoms with Crippen LogP contribution in [0.15, 0.2) is 58.6 Å². The van der Waals surface area contributed by atoms with Crippen molar-refractivity contribution in [2.45, 2.75) is 33.2 Å². The van der Waals surface area contributed by atoms with E-state index in [-0.39, 0.29) is 17.5 Å². The molecule has 0 saturated heterocycles. The number of nitrogens with zero attached hydrogens (tertiary/aromatic N) is 6. The van der Waals surface area contributed by atoms with Crippen LogP contribution in [0.25, 0.3) is 23.0 Å². The number of thiazole rings is 1. The van der Waals surface area contributed by atoms with Crippen LogP contribution in [0.5, 0.6) is 5.75 Å². The number of hydrogen-bond acceptors (Lipinski definition) is 9. The van der Waals surface area contributed by atoms with Gasteiger partial charge in [0.25, 0.3) is 5.89 Å². The normalized spacial score (nSPS) is 11.6. The third-order valence-electron chi connectivity index (χ3n) is 5.44. The van der Waals surface area contributed by atoms with Gasteiger partial charge in [-0.3, -0.25) is 4.68 Å². The van der Waals surface area contributed by atoms with Gasteiger partial charge in [0.15, 0.2) is 5.69 Å². The van der Waals surface area contributed by atoms with E-state index in [9.17, 15) is 13.2 Å². The molecule has 4 heterocycles. The van der Waals surface area contributed by atoms with E-state index in [1.807, 2.05) is 42.1 Å². The number of pyridine rings is 1. The fourth-order valence-corrected chi connectivity index (χ4v) is 4.46. The summed E-state index contributed by atoms with van der Waals surface area (Å²) in [6.07, 6.45) is -2.18. The first-order valence-electron chi connectivity index (χ1n) is 11.6. The minimum Gasteiger partial charge on any atom is -0.406 e. The molecule has 9 nitrogen and oxygen atoms in total. The Hall–Kier alpha value is -4.26. The standard InChI is InChI=1S/C25H22F3N7O2S/c1-15-14-38-22(31-15)8-10-30-21-12-17(7-9-29-21)13-35-16(2)11-20(33-35)24-32-23(34-37-24)18-3-5-19(6-4-18)36-25(26,27)28/h3-7,9,11-12,14H,8,10,13H2,1-2H3,(H,29,30). The molecule has 0 fully saturated rings. The summed E-state index contributed by atoms with van der Waals surface area (Å²) in [4.78, 5) is 13.2. The summed E-state index contributed by atoms with van der Waals surface area (Å²) < 4.78 is 48.2. The molecule has 38 heavy (non-hydrogen) atoms. The van der Waals surface area contributed by atoms with Crippen LogP contribution in [0, 0.1) is 13.8 Å². The number of anilines is 1. The first-order chi connectivity index (χ1) is 18.2. The minimum absolute atomic E-state index is 0.201. The average Bonchev–Trinajstić information content (AvgIpc) is 3.60. The van der Waals surface area contributed by atoms with Gasteiger partial charge < -0.3 is 14.6 Å².